The number of hydrogen-bond acceptors (Lipinski definition) is 6. The van der Waals surface area contributed by atoms with Gasteiger partial charge >= 0.3 is 0 Å². The van der Waals surface area contributed by atoms with E-state index in [1.165, 1.54) is 11.1 Å². The second kappa shape index (κ2) is 11.1. The van der Waals surface area contributed by atoms with Gasteiger partial charge in [0, 0.05) is 12.1 Å². The van der Waals surface area contributed by atoms with Gasteiger partial charge < -0.3 is 14.7 Å². The molecular formula is C27H27ClN4O2. The molecule has 1 fully saturated rings. The molecule has 1 saturated heterocycles. The lowest BCUT2D eigenvalue weighted by Gasteiger charge is -2.06. The van der Waals surface area contributed by atoms with Gasteiger partial charge in [0.15, 0.2) is 0 Å². The third-order valence-corrected chi connectivity index (χ3v) is 5.88. The summed E-state index contributed by atoms with van der Waals surface area (Å²) in [5.74, 6) is 1.64. The van der Waals surface area contributed by atoms with Crippen molar-refractivity contribution in [2.75, 3.05) is 13.1 Å². The molecule has 2 heterocycles. The third-order valence-electron chi connectivity index (χ3n) is 5.88. The van der Waals surface area contributed by atoms with Crippen LogP contribution < -0.4 is 5.32 Å². The normalized spacial score (nSPS) is 15.7. The second-order valence-corrected chi connectivity index (χ2v) is 8.24. The highest BCUT2D eigenvalue weighted by molar-refractivity contribution is 5.98. The van der Waals surface area contributed by atoms with Gasteiger partial charge in [-0.1, -0.05) is 83.1 Å². The molecule has 0 aliphatic carbocycles. The van der Waals surface area contributed by atoms with E-state index in [2.05, 4.69) is 44.9 Å². The lowest BCUT2D eigenvalue weighted by atomic mass is 10.0. The van der Waals surface area contributed by atoms with E-state index in [0.717, 1.165) is 41.9 Å². The molecule has 1 aliphatic rings. The first kappa shape index (κ1) is 23.7. The highest BCUT2D eigenvalue weighted by Crippen LogP contribution is 2.24. The number of hydrogen-bond donors (Lipinski definition) is 1. The van der Waals surface area contributed by atoms with Crippen LogP contribution in [0.1, 0.15) is 36.3 Å². The Morgan fingerprint density at radius 3 is 2.56 bits per heavy atom. The summed E-state index contributed by atoms with van der Waals surface area (Å²) >= 11 is 0. The summed E-state index contributed by atoms with van der Waals surface area (Å²) in [6, 6.07) is 26.6. The minimum atomic E-state index is 0. The maximum absolute atomic E-state index is 5.64. The van der Waals surface area contributed by atoms with Crippen LogP contribution in [0.25, 0.3) is 22.5 Å². The molecule has 0 bridgehead atoms. The van der Waals surface area contributed by atoms with Gasteiger partial charge in [-0.3, -0.25) is 0 Å². The van der Waals surface area contributed by atoms with Gasteiger partial charge in [0.25, 0.3) is 0 Å². The smallest absolute Gasteiger partial charge is 0.231 e. The Morgan fingerprint density at radius 2 is 1.79 bits per heavy atom. The molecule has 0 spiro atoms. The van der Waals surface area contributed by atoms with Crippen LogP contribution in [0.4, 0.5) is 0 Å². The number of nitrogens with zero attached hydrogens (tertiary/aromatic N) is 3. The quantitative estimate of drug-likeness (QED) is 0.269. The van der Waals surface area contributed by atoms with Crippen molar-refractivity contribution < 1.29 is 9.36 Å². The maximum atomic E-state index is 5.64. The first-order chi connectivity index (χ1) is 16.3. The molecule has 7 heteroatoms. The summed E-state index contributed by atoms with van der Waals surface area (Å²) in [5, 5.41) is 11.8. The summed E-state index contributed by atoms with van der Waals surface area (Å²) in [4.78, 5) is 10.2. The molecule has 1 aliphatic heterocycles. The maximum Gasteiger partial charge on any atom is 0.231 e. The average molecular weight is 475 g/mol. The van der Waals surface area contributed by atoms with Crippen molar-refractivity contribution in [2.45, 2.75) is 25.9 Å². The van der Waals surface area contributed by atoms with Crippen LogP contribution in [-0.4, -0.2) is 28.9 Å². The molecule has 1 aromatic heterocycles. The minimum Gasteiger partial charge on any atom is -0.391 e. The highest BCUT2D eigenvalue weighted by Gasteiger charge is 2.23. The van der Waals surface area contributed by atoms with Crippen molar-refractivity contribution >= 4 is 18.1 Å². The monoisotopic (exact) mass is 474 g/mol. The Labute approximate surface area is 205 Å². The van der Waals surface area contributed by atoms with Gasteiger partial charge in [0.05, 0.1) is 11.6 Å². The largest absolute Gasteiger partial charge is 0.391 e. The zero-order valence-electron chi connectivity index (χ0n) is 19.0. The molecule has 1 atom stereocenters. The predicted octanol–water partition coefficient (Wildman–Crippen LogP) is 5.84. The van der Waals surface area contributed by atoms with E-state index in [4.69, 9.17) is 9.36 Å². The van der Waals surface area contributed by atoms with Crippen molar-refractivity contribution in [3.05, 3.63) is 95.9 Å². The van der Waals surface area contributed by atoms with E-state index in [0.29, 0.717) is 24.2 Å². The molecule has 4 aromatic rings. The topological polar surface area (TPSA) is 72.5 Å². The van der Waals surface area contributed by atoms with E-state index in [1.54, 1.807) is 0 Å². The van der Waals surface area contributed by atoms with E-state index >= 15 is 0 Å². The lowest BCUT2D eigenvalue weighted by molar-refractivity contribution is 0.130. The van der Waals surface area contributed by atoms with Crippen LogP contribution in [0.2, 0.25) is 0 Å². The fraction of sp³-hybridized carbons (Fsp3) is 0.222. The summed E-state index contributed by atoms with van der Waals surface area (Å²) in [5.41, 5.74) is 6.15. The molecule has 0 amide bonds. The van der Waals surface area contributed by atoms with E-state index in [1.807, 2.05) is 61.5 Å². The van der Waals surface area contributed by atoms with Crippen molar-refractivity contribution in [1.82, 2.24) is 15.5 Å². The average Bonchev–Trinajstić information content (AvgIpc) is 3.57. The Bertz CT molecular complexity index is 1230. The molecular weight excluding hydrogens is 448 g/mol. The first-order valence-corrected chi connectivity index (χ1v) is 11.2. The molecule has 1 N–H and O–H groups in total. The van der Waals surface area contributed by atoms with Crippen molar-refractivity contribution in [1.29, 1.82) is 0 Å². The zero-order chi connectivity index (χ0) is 22.5. The molecule has 3 aromatic carbocycles. The summed E-state index contributed by atoms with van der Waals surface area (Å²) in [6.45, 7) is 4.25. The second-order valence-electron chi connectivity index (χ2n) is 8.24. The Balaban J connectivity index is 0.00000274. The van der Waals surface area contributed by atoms with Crippen molar-refractivity contribution in [2.24, 2.45) is 5.16 Å². The van der Waals surface area contributed by atoms with Crippen LogP contribution in [0.15, 0.2) is 88.5 Å². The van der Waals surface area contributed by atoms with Crippen molar-refractivity contribution in [3.63, 3.8) is 0 Å². The first-order valence-electron chi connectivity index (χ1n) is 11.2. The summed E-state index contributed by atoms with van der Waals surface area (Å²) < 4.78 is 5.47. The minimum absolute atomic E-state index is 0. The summed E-state index contributed by atoms with van der Waals surface area (Å²) in [6.07, 6.45) is 1.03. The molecule has 0 saturated carbocycles. The number of benzene rings is 3. The number of aromatic nitrogens is 2. The van der Waals surface area contributed by atoms with E-state index < -0.39 is 0 Å². The molecule has 5 rings (SSSR count). The Kier molecular flexibility index (Phi) is 7.72. The van der Waals surface area contributed by atoms with Gasteiger partial charge in [-0.2, -0.15) is 4.98 Å². The van der Waals surface area contributed by atoms with Crippen molar-refractivity contribution in [3.8, 4) is 22.5 Å². The van der Waals surface area contributed by atoms with Gasteiger partial charge in [-0.25, -0.2) is 0 Å². The molecule has 0 unspecified atom stereocenters. The SMILES string of the molecule is CC(=NOCc1cccc(-c2ccccc2)c1)c1ccc(-c2noc([C@@H]3CCNC3)n2)cc1.Cl. The van der Waals surface area contributed by atoms with Crippen LogP contribution in [0, 0.1) is 0 Å². The highest BCUT2D eigenvalue weighted by atomic mass is 35.5. The van der Waals surface area contributed by atoms with E-state index in [9.17, 15) is 0 Å². The molecule has 0 radical (unpaired) electrons. The van der Waals surface area contributed by atoms with Gasteiger partial charge in [-0.05, 0) is 48.2 Å². The number of nitrogens with one attached hydrogen (secondary N) is 1. The van der Waals surface area contributed by atoms with E-state index in [-0.39, 0.29) is 12.4 Å². The van der Waals surface area contributed by atoms with Crippen LogP contribution in [0.3, 0.4) is 0 Å². The number of rotatable bonds is 7. The molecule has 34 heavy (non-hydrogen) atoms. The Morgan fingerprint density at radius 1 is 1.00 bits per heavy atom. The fourth-order valence-corrected chi connectivity index (χ4v) is 3.97. The fourth-order valence-electron chi connectivity index (χ4n) is 3.97. The Hall–Kier alpha value is -3.48. The lowest BCUT2D eigenvalue weighted by Crippen LogP contribution is -2.08. The summed E-state index contributed by atoms with van der Waals surface area (Å²) in [7, 11) is 0. The van der Waals surface area contributed by atoms with Crippen LogP contribution in [-0.2, 0) is 11.4 Å². The van der Waals surface area contributed by atoms with Crippen LogP contribution in [0.5, 0.6) is 0 Å². The predicted molar refractivity (Wildman–Crippen MR) is 136 cm³/mol. The number of halogens is 1. The molecule has 174 valence electrons. The molecule has 6 nitrogen and oxygen atoms in total. The zero-order valence-corrected chi connectivity index (χ0v) is 19.8. The van der Waals surface area contributed by atoms with Crippen LogP contribution >= 0.6 is 12.4 Å². The van der Waals surface area contributed by atoms with Gasteiger partial charge in [-0.15, -0.1) is 12.4 Å². The van der Waals surface area contributed by atoms with Gasteiger partial charge in [0.2, 0.25) is 11.7 Å². The van der Waals surface area contributed by atoms with Gasteiger partial charge in [0.1, 0.15) is 6.61 Å². The third kappa shape index (κ3) is 5.53. The number of oxime groups is 1. The standard InChI is InChI=1S/C27H26N4O2.ClH/c1-19(30-32-18-20-6-5-9-24(16-20)22-7-3-2-4-8-22)21-10-12-23(13-11-21)26-29-27(33-31-26)25-14-15-28-17-25;/h2-13,16,25,28H,14-15,17-18H2,1H3;1H/t25-;/m1./s1.